The van der Waals surface area contributed by atoms with E-state index in [1.165, 1.54) is 12.1 Å². The third kappa shape index (κ3) is 4.79. The Bertz CT molecular complexity index is 1010. The van der Waals surface area contributed by atoms with Crippen LogP contribution in [0.5, 0.6) is 0 Å². The Balaban J connectivity index is 1.62. The average Bonchev–Trinajstić information content (AvgIpc) is 2.69. The number of halogens is 3. The summed E-state index contributed by atoms with van der Waals surface area (Å²) in [5.74, 6) is -2.93. The van der Waals surface area contributed by atoms with Crippen molar-refractivity contribution < 1.29 is 26.4 Å². The highest BCUT2D eigenvalue weighted by Crippen LogP contribution is 2.26. The topological polar surface area (TPSA) is 66.5 Å². The van der Waals surface area contributed by atoms with Gasteiger partial charge in [0.2, 0.25) is 15.9 Å². The van der Waals surface area contributed by atoms with Gasteiger partial charge in [0, 0.05) is 19.0 Å². The molecular weight excluding hydrogens is 405 g/mol. The van der Waals surface area contributed by atoms with Gasteiger partial charge in [-0.25, -0.2) is 21.6 Å². The van der Waals surface area contributed by atoms with Crippen molar-refractivity contribution in [1.82, 2.24) is 9.62 Å². The number of nitrogens with one attached hydrogen (secondary N) is 1. The predicted octanol–water partition coefficient (Wildman–Crippen LogP) is 3.38. The summed E-state index contributed by atoms with van der Waals surface area (Å²) >= 11 is 0. The molecule has 9 heteroatoms. The van der Waals surface area contributed by atoms with Crippen LogP contribution in [0.1, 0.15) is 31.4 Å². The molecule has 0 saturated carbocycles. The van der Waals surface area contributed by atoms with Crippen LogP contribution in [0.25, 0.3) is 0 Å². The number of nitrogens with zero attached hydrogens (tertiary/aromatic N) is 1. The van der Waals surface area contributed by atoms with E-state index in [-0.39, 0.29) is 31.8 Å². The van der Waals surface area contributed by atoms with Crippen molar-refractivity contribution in [3.05, 3.63) is 65.5 Å². The fourth-order valence-corrected chi connectivity index (χ4v) is 4.91. The predicted molar refractivity (Wildman–Crippen MR) is 101 cm³/mol. The Kier molecular flexibility index (Phi) is 6.28. The van der Waals surface area contributed by atoms with Gasteiger partial charge in [-0.15, -0.1) is 0 Å². The molecule has 1 unspecified atom stereocenters. The second kappa shape index (κ2) is 8.54. The first-order chi connectivity index (χ1) is 13.7. The Labute approximate surface area is 167 Å². The van der Waals surface area contributed by atoms with Crippen LogP contribution in [0.15, 0.2) is 47.4 Å². The number of amides is 1. The fraction of sp³-hybridized carbons (Fsp3) is 0.350. The van der Waals surface area contributed by atoms with Crippen molar-refractivity contribution >= 4 is 15.9 Å². The summed E-state index contributed by atoms with van der Waals surface area (Å²) < 4.78 is 66.9. The maximum Gasteiger partial charge on any atom is 0.246 e. The van der Waals surface area contributed by atoms with Crippen molar-refractivity contribution in [1.29, 1.82) is 0 Å². The van der Waals surface area contributed by atoms with Gasteiger partial charge in [0.25, 0.3) is 0 Å². The number of rotatable bonds is 5. The molecule has 2 aromatic rings. The first kappa shape index (κ1) is 21.3. The number of carbonyl (C=O) groups excluding carboxylic acids is 1. The van der Waals surface area contributed by atoms with Crippen molar-refractivity contribution in [3.63, 3.8) is 0 Å². The summed E-state index contributed by atoms with van der Waals surface area (Å²) in [5.41, 5.74) is 0.625. The van der Waals surface area contributed by atoms with E-state index in [2.05, 4.69) is 5.32 Å². The minimum atomic E-state index is -4.19. The summed E-state index contributed by atoms with van der Waals surface area (Å²) in [6.07, 6.45) is 0.496. The van der Waals surface area contributed by atoms with Gasteiger partial charge in [0.1, 0.15) is 22.3 Å². The molecule has 1 amide bonds. The lowest BCUT2D eigenvalue weighted by molar-refractivity contribution is -0.126. The number of carbonyl (C=O) groups is 1. The van der Waals surface area contributed by atoms with E-state index in [0.717, 1.165) is 16.4 Å². The van der Waals surface area contributed by atoms with E-state index in [4.69, 9.17) is 0 Å². The molecule has 1 aliphatic heterocycles. The molecule has 5 nitrogen and oxygen atoms in total. The minimum Gasteiger partial charge on any atom is -0.349 e. The van der Waals surface area contributed by atoms with E-state index < -0.39 is 44.3 Å². The highest BCUT2D eigenvalue weighted by Gasteiger charge is 2.34. The molecule has 3 rings (SSSR count). The van der Waals surface area contributed by atoms with Crippen LogP contribution >= 0.6 is 0 Å². The van der Waals surface area contributed by atoms with Gasteiger partial charge in [0.15, 0.2) is 0 Å². The summed E-state index contributed by atoms with van der Waals surface area (Å²) in [6.45, 7) is 1.77. The molecule has 0 aromatic heterocycles. The summed E-state index contributed by atoms with van der Waals surface area (Å²) in [6, 6.07) is 7.80. The van der Waals surface area contributed by atoms with Gasteiger partial charge >= 0.3 is 0 Å². The van der Waals surface area contributed by atoms with Crippen LogP contribution in [0.3, 0.4) is 0 Å². The average molecular weight is 426 g/mol. The number of hydrogen-bond donors (Lipinski definition) is 1. The zero-order valence-corrected chi connectivity index (χ0v) is 16.6. The summed E-state index contributed by atoms with van der Waals surface area (Å²) in [7, 11) is -4.19. The fourth-order valence-electron chi connectivity index (χ4n) is 3.36. The number of sulfonamides is 1. The summed E-state index contributed by atoms with van der Waals surface area (Å²) in [5, 5.41) is 2.81. The first-order valence-corrected chi connectivity index (χ1v) is 10.6. The monoisotopic (exact) mass is 426 g/mol. The van der Waals surface area contributed by atoms with E-state index in [9.17, 15) is 26.4 Å². The molecule has 1 atom stereocenters. The zero-order chi connectivity index (χ0) is 21.2. The third-order valence-corrected chi connectivity index (χ3v) is 6.96. The van der Waals surface area contributed by atoms with Gasteiger partial charge in [-0.1, -0.05) is 12.1 Å². The van der Waals surface area contributed by atoms with Crippen LogP contribution in [-0.2, 0) is 14.8 Å². The second-order valence-corrected chi connectivity index (χ2v) is 8.94. The quantitative estimate of drug-likeness (QED) is 0.797. The Morgan fingerprint density at radius 1 is 1.07 bits per heavy atom. The maximum atomic E-state index is 13.9. The van der Waals surface area contributed by atoms with E-state index >= 15 is 0 Å². The molecule has 2 aromatic carbocycles. The van der Waals surface area contributed by atoms with Crippen molar-refractivity contribution in [3.8, 4) is 0 Å². The molecule has 0 bridgehead atoms. The third-order valence-electron chi connectivity index (χ3n) is 5.04. The SMILES string of the molecule is CC(NC(=O)C1CCN(S(=O)(=O)c2cc(F)ccc2F)CC1)c1cccc(F)c1. The van der Waals surface area contributed by atoms with Crippen molar-refractivity contribution in [2.24, 2.45) is 5.92 Å². The standard InChI is InChI=1S/C20H21F3N2O3S/c1-13(15-3-2-4-16(21)11-15)24-20(26)14-7-9-25(10-8-14)29(27,28)19-12-17(22)5-6-18(19)23/h2-6,11-14H,7-10H2,1H3,(H,24,26). The van der Waals surface area contributed by atoms with Crippen LogP contribution < -0.4 is 5.32 Å². The molecule has 1 aliphatic rings. The lowest BCUT2D eigenvalue weighted by Gasteiger charge is -2.31. The molecule has 1 fully saturated rings. The number of piperidine rings is 1. The maximum absolute atomic E-state index is 13.9. The minimum absolute atomic E-state index is 0.0186. The molecule has 156 valence electrons. The van der Waals surface area contributed by atoms with Gasteiger partial charge < -0.3 is 5.32 Å². The van der Waals surface area contributed by atoms with Gasteiger partial charge in [0.05, 0.1) is 6.04 Å². The van der Waals surface area contributed by atoms with Crippen molar-refractivity contribution in [2.75, 3.05) is 13.1 Å². The lowest BCUT2D eigenvalue weighted by atomic mass is 9.96. The highest BCUT2D eigenvalue weighted by molar-refractivity contribution is 7.89. The van der Waals surface area contributed by atoms with Gasteiger partial charge in [-0.2, -0.15) is 4.31 Å². The normalized spacial score (nSPS) is 17.1. The zero-order valence-electron chi connectivity index (χ0n) is 15.7. The van der Waals surface area contributed by atoms with E-state index in [1.54, 1.807) is 19.1 Å². The molecule has 0 aliphatic carbocycles. The van der Waals surface area contributed by atoms with Crippen LogP contribution in [-0.4, -0.2) is 31.7 Å². The van der Waals surface area contributed by atoms with E-state index in [1.807, 2.05) is 0 Å². The number of benzene rings is 2. The summed E-state index contributed by atoms with van der Waals surface area (Å²) in [4.78, 5) is 11.8. The molecular formula is C20H21F3N2O3S. The molecule has 29 heavy (non-hydrogen) atoms. The van der Waals surface area contributed by atoms with E-state index in [0.29, 0.717) is 11.6 Å². The smallest absolute Gasteiger partial charge is 0.246 e. The van der Waals surface area contributed by atoms with Crippen LogP contribution in [0.4, 0.5) is 13.2 Å². The Hall–Kier alpha value is -2.39. The Morgan fingerprint density at radius 3 is 2.38 bits per heavy atom. The van der Waals surface area contributed by atoms with Gasteiger partial charge in [-0.3, -0.25) is 4.79 Å². The highest BCUT2D eigenvalue weighted by atomic mass is 32.2. The number of hydrogen-bond acceptors (Lipinski definition) is 3. The Morgan fingerprint density at radius 2 is 1.72 bits per heavy atom. The molecule has 1 heterocycles. The first-order valence-electron chi connectivity index (χ1n) is 9.19. The van der Waals surface area contributed by atoms with Crippen LogP contribution in [0.2, 0.25) is 0 Å². The lowest BCUT2D eigenvalue weighted by Crippen LogP contribution is -2.43. The molecule has 1 saturated heterocycles. The second-order valence-electron chi connectivity index (χ2n) is 7.04. The molecule has 1 N–H and O–H groups in total. The van der Waals surface area contributed by atoms with Gasteiger partial charge in [-0.05, 0) is 55.7 Å². The van der Waals surface area contributed by atoms with Crippen LogP contribution in [0, 0.1) is 23.4 Å². The molecule has 0 spiro atoms. The molecule has 0 radical (unpaired) electrons. The largest absolute Gasteiger partial charge is 0.349 e. The van der Waals surface area contributed by atoms with Crippen molar-refractivity contribution in [2.45, 2.75) is 30.7 Å².